The lowest BCUT2D eigenvalue weighted by molar-refractivity contribution is 0.0699. The molecule has 2 heterocycles. The summed E-state index contributed by atoms with van der Waals surface area (Å²) in [6.07, 6.45) is 2.14. The second-order valence-corrected chi connectivity index (χ2v) is 8.00. The van der Waals surface area contributed by atoms with Crippen LogP contribution in [0.3, 0.4) is 0 Å². The molecule has 1 aromatic heterocycles. The van der Waals surface area contributed by atoms with E-state index >= 15 is 0 Å². The smallest absolute Gasteiger partial charge is 0.338 e. The number of carboxylic acids is 1. The van der Waals surface area contributed by atoms with E-state index in [1.165, 1.54) is 5.56 Å². The molecular weight excluding hydrogens is 348 g/mol. The zero-order chi connectivity index (χ0) is 19.8. The Morgan fingerprint density at radius 1 is 1.07 bits per heavy atom. The zero-order valence-corrected chi connectivity index (χ0v) is 16.7. The van der Waals surface area contributed by atoms with Crippen LogP contribution >= 0.6 is 0 Å². The maximum absolute atomic E-state index is 12.4. The highest BCUT2D eigenvalue weighted by Gasteiger charge is 2.28. The number of hydrogen-bond acceptors (Lipinski definition) is 3. The van der Waals surface area contributed by atoms with Crippen LogP contribution in [0.1, 0.15) is 41.3 Å². The number of aromatic carboxylic acids is 1. The molecule has 1 fully saturated rings. The van der Waals surface area contributed by atoms with Crippen molar-refractivity contribution in [3.05, 3.63) is 59.2 Å². The number of fused-ring (bicyclic) bond motifs is 1. The Morgan fingerprint density at radius 3 is 2.39 bits per heavy atom. The molecule has 0 spiro atoms. The summed E-state index contributed by atoms with van der Waals surface area (Å²) in [4.78, 5) is 19.7. The molecule has 1 saturated heterocycles. The van der Waals surface area contributed by atoms with Gasteiger partial charge < -0.3 is 10.0 Å². The topological polar surface area (TPSA) is 53.4 Å². The lowest BCUT2D eigenvalue weighted by Gasteiger charge is -2.34. The molecular formula is C24H26N2O2. The standard InChI is InChI=1S/C24H26N2O2/c1-15-7-9-18(10-8-15)22-23(26-13-11-16(2)12-14-26)20(24(27)28)19-6-4-5-17(3)21(19)25-22/h4-10,16H,11-14H2,1-3H3,(H,27,28). The van der Waals surface area contributed by atoms with E-state index in [4.69, 9.17) is 4.98 Å². The van der Waals surface area contributed by atoms with Gasteiger partial charge in [-0.05, 0) is 38.2 Å². The first-order valence-corrected chi connectivity index (χ1v) is 9.94. The number of nitrogens with zero attached hydrogens (tertiary/aromatic N) is 2. The highest BCUT2D eigenvalue weighted by atomic mass is 16.4. The summed E-state index contributed by atoms with van der Waals surface area (Å²) in [6, 6.07) is 14.0. The second kappa shape index (κ2) is 7.27. The zero-order valence-electron chi connectivity index (χ0n) is 16.7. The van der Waals surface area contributed by atoms with Gasteiger partial charge in [-0.15, -0.1) is 0 Å². The first-order valence-electron chi connectivity index (χ1n) is 9.94. The Bertz CT molecular complexity index is 1030. The van der Waals surface area contributed by atoms with Gasteiger partial charge in [-0.25, -0.2) is 9.78 Å². The van der Waals surface area contributed by atoms with Gasteiger partial charge in [0.2, 0.25) is 0 Å². The Balaban J connectivity index is 2.04. The number of aryl methyl sites for hydroxylation is 2. The molecule has 0 amide bonds. The maximum Gasteiger partial charge on any atom is 0.338 e. The van der Waals surface area contributed by atoms with Crippen molar-refractivity contribution in [1.29, 1.82) is 0 Å². The SMILES string of the molecule is Cc1ccc(-c2nc3c(C)cccc3c(C(=O)O)c2N2CCC(C)CC2)cc1. The number of carbonyl (C=O) groups is 1. The van der Waals surface area contributed by atoms with E-state index in [0.717, 1.165) is 59.3 Å². The molecule has 1 aliphatic rings. The van der Waals surface area contributed by atoms with Crippen molar-refractivity contribution >= 4 is 22.6 Å². The normalized spacial score (nSPS) is 15.2. The van der Waals surface area contributed by atoms with Crippen LogP contribution in [0.25, 0.3) is 22.2 Å². The molecule has 0 saturated carbocycles. The van der Waals surface area contributed by atoms with Gasteiger partial charge in [-0.3, -0.25) is 0 Å². The largest absolute Gasteiger partial charge is 0.478 e. The highest BCUT2D eigenvalue weighted by molar-refractivity contribution is 6.11. The molecule has 28 heavy (non-hydrogen) atoms. The van der Waals surface area contributed by atoms with Crippen LogP contribution in [-0.2, 0) is 0 Å². The van der Waals surface area contributed by atoms with E-state index in [1.54, 1.807) is 0 Å². The predicted molar refractivity (Wildman–Crippen MR) is 114 cm³/mol. The number of pyridine rings is 1. The molecule has 0 aliphatic carbocycles. The summed E-state index contributed by atoms with van der Waals surface area (Å²) < 4.78 is 0. The average Bonchev–Trinajstić information content (AvgIpc) is 2.68. The summed E-state index contributed by atoms with van der Waals surface area (Å²) >= 11 is 0. The molecule has 0 atom stereocenters. The van der Waals surface area contributed by atoms with E-state index in [-0.39, 0.29) is 0 Å². The molecule has 4 rings (SSSR count). The minimum Gasteiger partial charge on any atom is -0.478 e. The number of aromatic nitrogens is 1. The van der Waals surface area contributed by atoms with E-state index in [2.05, 4.69) is 30.9 Å². The number of benzene rings is 2. The fourth-order valence-electron chi connectivity index (χ4n) is 4.09. The predicted octanol–water partition coefficient (Wildman–Crippen LogP) is 5.45. The molecule has 3 aromatic rings. The number of hydrogen-bond donors (Lipinski definition) is 1. The lowest BCUT2D eigenvalue weighted by Crippen LogP contribution is -2.34. The molecule has 0 radical (unpaired) electrons. The van der Waals surface area contributed by atoms with E-state index in [0.29, 0.717) is 11.5 Å². The molecule has 0 unspecified atom stereocenters. The molecule has 1 aliphatic heterocycles. The fourth-order valence-corrected chi connectivity index (χ4v) is 4.09. The first kappa shape index (κ1) is 18.5. The van der Waals surface area contributed by atoms with Crippen LogP contribution in [0.4, 0.5) is 5.69 Å². The number of rotatable bonds is 3. The first-order chi connectivity index (χ1) is 13.5. The van der Waals surface area contributed by atoms with Gasteiger partial charge in [0.1, 0.15) is 0 Å². The van der Waals surface area contributed by atoms with Crippen LogP contribution < -0.4 is 4.90 Å². The highest BCUT2D eigenvalue weighted by Crippen LogP contribution is 2.39. The van der Waals surface area contributed by atoms with Crippen LogP contribution in [0.2, 0.25) is 0 Å². The third-order valence-electron chi connectivity index (χ3n) is 5.83. The van der Waals surface area contributed by atoms with Crippen LogP contribution in [0.15, 0.2) is 42.5 Å². The van der Waals surface area contributed by atoms with Crippen molar-refractivity contribution in [2.24, 2.45) is 5.92 Å². The Kier molecular flexibility index (Phi) is 4.80. The number of anilines is 1. The van der Waals surface area contributed by atoms with Gasteiger partial charge >= 0.3 is 5.97 Å². The van der Waals surface area contributed by atoms with Crippen LogP contribution in [0, 0.1) is 19.8 Å². The Morgan fingerprint density at radius 2 is 1.75 bits per heavy atom. The fraction of sp³-hybridized carbons (Fsp3) is 0.333. The van der Waals surface area contributed by atoms with Crippen molar-refractivity contribution in [3.8, 4) is 11.3 Å². The third kappa shape index (κ3) is 3.24. The van der Waals surface area contributed by atoms with Crippen molar-refractivity contribution in [2.75, 3.05) is 18.0 Å². The molecule has 1 N–H and O–H groups in total. The number of carboxylic acid groups (broad SMARTS) is 1. The second-order valence-electron chi connectivity index (χ2n) is 8.00. The van der Waals surface area contributed by atoms with Crippen molar-refractivity contribution < 1.29 is 9.90 Å². The van der Waals surface area contributed by atoms with E-state index in [1.807, 2.05) is 37.3 Å². The third-order valence-corrected chi connectivity index (χ3v) is 5.83. The maximum atomic E-state index is 12.4. The monoisotopic (exact) mass is 374 g/mol. The molecule has 2 aromatic carbocycles. The van der Waals surface area contributed by atoms with Gasteiger partial charge in [-0.2, -0.15) is 0 Å². The number of para-hydroxylation sites is 1. The quantitative estimate of drug-likeness (QED) is 0.662. The molecule has 4 nitrogen and oxygen atoms in total. The lowest BCUT2D eigenvalue weighted by atomic mass is 9.94. The van der Waals surface area contributed by atoms with Gasteiger partial charge in [0, 0.05) is 24.0 Å². The van der Waals surface area contributed by atoms with Gasteiger partial charge in [0.15, 0.2) is 0 Å². The van der Waals surface area contributed by atoms with Crippen molar-refractivity contribution in [3.63, 3.8) is 0 Å². The summed E-state index contributed by atoms with van der Waals surface area (Å²) in [7, 11) is 0. The van der Waals surface area contributed by atoms with Crippen LogP contribution in [0.5, 0.6) is 0 Å². The minimum absolute atomic E-state index is 0.374. The van der Waals surface area contributed by atoms with E-state index < -0.39 is 5.97 Å². The molecule has 144 valence electrons. The van der Waals surface area contributed by atoms with Crippen molar-refractivity contribution in [1.82, 2.24) is 4.98 Å². The average molecular weight is 374 g/mol. The Hall–Kier alpha value is -2.88. The summed E-state index contributed by atoms with van der Waals surface area (Å²) in [5.74, 6) is -0.219. The minimum atomic E-state index is -0.889. The van der Waals surface area contributed by atoms with Gasteiger partial charge in [0.05, 0.1) is 22.5 Å². The van der Waals surface area contributed by atoms with Gasteiger partial charge in [-0.1, -0.05) is 55.0 Å². The van der Waals surface area contributed by atoms with Crippen LogP contribution in [-0.4, -0.2) is 29.1 Å². The molecule has 0 bridgehead atoms. The van der Waals surface area contributed by atoms with E-state index in [9.17, 15) is 9.90 Å². The molecule has 4 heteroatoms. The summed E-state index contributed by atoms with van der Waals surface area (Å²) in [5, 5.41) is 10.9. The van der Waals surface area contributed by atoms with Gasteiger partial charge in [0.25, 0.3) is 0 Å². The number of piperidine rings is 1. The van der Waals surface area contributed by atoms with Crippen molar-refractivity contribution in [2.45, 2.75) is 33.6 Å². The Labute approximate surface area is 165 Å². The summed E-state index contributed by atoms with van der Waals surface area (Å²) in [6.45, 7) is 8.02. The summed E-state index contributed by atoms with van der Waals surface area (Å²) in [5.41, 5.74) is 5.81.